The third-order valence-corrected chi connectivity index (χ3v) is 4.33. The Morgan fingerprint density at radius 1 is 1.20 bits per heavy atom. The smallest absolute Gasteiger partial charge is 0.220 e. The summed E-state index contributed by atoms with van der Waals surface area (Å²) >= 11 is 6.05. The maximum absolute atomic E-state index is 11.2. The molecule has 0 unspecified atom stereocenters. The number of carbonyl (C=O) groups excluding carboxylic acids is 1. The lowest BCUT2D eigenvalue weighted by molar-refractivity contribution is -0.122. The van der Waals surface area contributed by atoms with Crippen molar-refractivity contribution in [3.63, 3.8) is 0 Å². The molecule has 3 N–H and O–H groups in total. The molecule has 1 aromatic rings. The van der Waals surface area contributed by atoms with Crippen molar-refractivity contribution in [1.29, 1.82) is 0 Å². The molecular formula is C14H19ClN4O. The largest absolute Gasteiger partial charge is 0.369 e. The summed E-state index contributed by atoms with van der Waals surface area (Å²) in [7, 11) is 0. The van der Waals surface area contributed by atoms with Crippen LogP contribution in [0.3, 0.4) is 0 Å². The average molecular weight is 295 g/mol. The van der Waals surface area contributed by atoms with Crippen LogP contribution in [0.4, 0.5) is 5.82 Å². The minimum Gasteiger partial charge on any atom is -0.369 e. The molecule has 0 bridgehead atoms. The maximum atomic E-state index is 11.2. The lowest BCUT2D eigenvalue weighted by atomic mass is 9.85. The molecule has 0 spiro atoms. The van der Waals surface area contributed by atoms with Gasteiger partial charge in [-0.15, -0.1) is 0 Å². The standard InChI is InChI=1S/C14H19ClN4O/c15-11-7-12(19-14(18-11)9-1-2-9)17-10-5-3-8(4-6-10)13(16)20/h7-10H,1-6H2,(H2,16,20)(H,17,18,19). The molecule has 108 valence electrons. The van der Waals surface area contributed by atoms with Crippen molar-refractivity contribution >= 4 is 23.3 Å². The van der Waals surface area contributed by atoms with E-state index in [4.69, 9.17) is 17.3 Å². The van der Waals surface area contributed by atoms with Crippen LogP contribution in [0.15, 0.2) is 6.07 Å². The van der Waals surface area contributed by atoms with E-state index in [0.29, 0.717) is 17.1 Å². The van der Waals surface area contributed by atoms with Gasteiger partial charge in [0, 0.05) is 23.9 Å². The van der Waals surface area contributed by atoms with Gasteiger partial charge in [0.05, 0.1) is 0 Å². The third-order valence-electron chi connectivity index (χ3n) is 4.14. The molecule has 1 heterocycles. The van der Waals surface area contributed by atoms with Crippen molar-refractivity contribution in [3.8, 4) is 0 Å². The first-order valence-electron chi connectivity index (χ1n) is 7.22. The fourth-order valence-electron chi connectivity index (χ4n) is 2.76. The van der Waals surface area contributed by atoms with Gasteiger partial charge in [0.15, 0.2) is 0 Å². The minimum atomic E-state index is -0.176. The van der Waals surface area contributed by atoms with Gasteiger partial charge in [-0.1, -0.05) is 11.6 Å². The van der Waals surface area contributed by atoms with Crippen LogP contribution in [0.25, 0.3) is 0 Å². The highest BCUT2D eigenvalue weighted by Crippen LogP contribution is 2.39. The first-order valence-corrected chi connectivity index (χ1v) is 7.60. The number of hydrogen-bond acceptors (Lipinski definition) is 4. The van der Waals surface area contributed by atoms with Gasteiger partial charge in [-0.05, 0) is 38.5 Å². The molecule has 0 aromatic carbocycles. The summed E-state index contributed by atoms with van der Waals surface area (Å²) in [4.78, 5) is 20.0. The number of rotatable bonds is 4. The van der Waals surface area contributed by atoms with E-state index < -0.39 is 0 Å². The number of nitrogens with one attached hydrogen (secondary N) is 1. The molecule has 0 saturated heterocycles. The summed E-state index contributed by atoms with van der Waals surface area (Å²) < 4.78 is 0. The van der Waals surface area contributed by atoms with Crippen LogP contribution in [-0.4, -0.2) is 21.9 Å². The summed E-state index contributed by atoms with van der Waals surface area (Å²) in [5.74, 6) is 1.99. The number of hydrogen-bond donors (Lipinski definition) is 2. The van der Waals surface area contributed by atoms with E-state index in [1.165, 1.54) is 0 Å². The summed E-state index contributed by atoms with van der Waals surface area (Å²) in [6.45, 7) is 0. The number of primary amides is 1. The van der Waals surface area contributed by atoms with Crippen LogP contribution in [0.5, 0.6) is 0 Å². The van der Waals surface area contributed by atoms with Gasteiger partial charge in [0.2, 0.25) is 5.91 Å². The topological polar surface area (TPSA) is 80.9 Å². The summed E-state index contributed by atoms with van der Waals surface area (Å²) in [5.41, 5.74) is 5.35. The first kappa shape index (κ1) is 13.6. The Morgan fingerprint density at radius 2 is 1.90 bits per heavy atom. The zero-order chi connectivity index (χ0) is 14.1. The van der Waals surface area contributed by atoms with E-state index in [-0.39, 0.29) is 11.8 Å². The number of anilines is 1. The minimum absolute atomic E-state index is 0.0315. The Kier molecular flexibility index (Phi) is 3.78. The van der Waals surface area contributed by atoms with Crippen LogP contribution in [0, 0.1) is 5.92 Å². The summed E-state index contributed by atoms with van der Waals surface area (Å²) in [6, 6.07) is 2.11. The SMILES string of the molecule is NC(=O)C1CCC(Nc2cc(Cl)nc(C3CC3)n2)CC1. The third kappa shape index (κ3) is 3.20. The van der Waals surface area contributed by atoms with Crippen LogP contribution < -0.4 is 11.1 Å². The second kappa shape index (κ2) is 5.56. The highest BCUT2D eigenvalue weighted by atomic mass is 35.5. The molecule has 2 fully saturated rings. The maximum Gasteiger partial charge on any atom is 0.220 e. The average Bonchev–Trinajstić information content (AvgIpc) is 3.23. The quantitative estimate of drug-likeness (QED) is 0.836. The molecule has 20 heavy (non-hydrogen) atoms. The molecule has 1 amide bonds. The predicted molar refractivity (Wildman–Crippen MR) is 77.6 cm³/mol. The number of amides is 1. The van der Waals surface area contributed by atoms with Crippen molar-refractivity contribution in [2.75, 3.05) is 5.32 Å². The van der Waals surface area contributed by atoms with Crippen molar-refractivity contribution in [1.82, 2.24) is 9.97 Å². The van der Waals surface area contributed by atoms with Gasteiger partial charge < -0.3 is 11.1 Å². The highest BCUT2D eigenvalue weighted by Gasteiger charge is 2.28. The first-order chi connectivity index (χ1) is 9.61. The van der Waals surface area contributed by atoms with E-state index in [1.807, 2.05) is 0 Å². The molecule has 2 aliphatic rings. The van der Waals surface area contributed by atoms with Crippen LogP contribution in [0.2, 0.25) is 5.15 Å². The molecule has 2 saturated carbocycles. The number of nitrogens with zero attached hydrogens (tertiary/aromatic N) is 2. The second-order valence-electron chi connectivity index (χ2n) is 5.80. The van der Waals surface area contributed by atoms with Gasteiger partial charge in [-0.2, -0.15) is 0 Å². The Bertz CT molecular complexity index is 510. The molecule has 1 aromatic heterocycles. The highest BCUT2D eigenvalue weighted by molar-refractivity contribution is 6.29. The Hall–Kier alpha value is -1.36. The van der Waals surface area contributed by atoms with Crippen molar-refractivity contribution in [2.45, 2.75) is 50.5 Å². The van der Waals surface area contributed by atoms with Gasteiger partial charge >= 0.3 is 0 Å². The molecule has 0 aliphatic heterocycles. The van der Waals surface area contributed by atoms with Gasteiger partial charge in [0.25, 0.3) is 0 Å². The van der Waals surface area contributed by atoms with E-state index in [2.05, 4.69) is 15.3 Å². The Labute approximate surface area is 123 Å². The fraction of sp³-hybridized carbons (Fsp3) is 0.643. The number of halogens is 1. The lowest BCUT2D eigenvalue weighted by Gasteiger charge is -2.27. The molecule has 3 rings (SSSR count). The number of nitrogens with two attached hydrogens (primary N) is 1. The van der Waals surface area contributed by atoms with E-state index >= 15 is 0 Å². The Balaban J connectivity index is 1.62. The molecule has 2 aliphatic carbocycles. The molecule has 0 atom stereocenters. The fourth-order valence-corrected chi connectivity index (χ4v) is 2.95. The number of aromatic nitrogens is 2. The summed E-state index contributed by atoms with van der Waals surface area (Å²) in [5, 5.41) is 3.91. The zero-order valence-corrected chi connectivity index (χ0v) is 12.1. The summed E-state index contributed by atoms with van der Waals surface area (Å²) in [6.07, 6.45) is 5.89. The van der Waals surface area contributed by atoms with E-state index in [1.54, 1.807) is 6.07 Å². The molecule has 6 heteroatoms. The van der Waals surface area contributed by atoms with Gasteiger partial charge in [-0.25, -0.2) is 9.97 Å². The Morgan fingerprint density at radius 3 is 2.50 bits per heavy atom. The van der Waals surface area contributed by atoms with E-state index in [9.17, 15) is 4.79 Å². The van der Waals surface area contributed by atoms with Crippen LogP contribution in [-0.2, 0) is 4.79 Å². The molecule has 0 radical (unpaired) electrons. The molecule has 5 nitrogen and oxygen atoms in total. The van der Waals surface area contributed by atoms with E-state index in [0.717, 1.165) is 50.2 Å². The van der Waals surface area contributed by atoms with Crippen LogP contribution in [0.1, 0.15) is 50.3 Å². The predicted octanol–water partition coefficient (Wildman–Crippen LogP) is 2.46. The van der Waals surface area contributed by atoms with Crippen molar-refractivity contribution in [2.24, 2.45) is 11.7 Å². The van der Waals surface area contributed by atoms with Crippen LogP contribution >= 0.6 is 11.6 Å². The van der Waals surface area contributed by atoms with Gasteiger partial charge in [0.1, 0.15) is 16.8 Å². The van der Waals surface area contributed by atoms with Crippen molar-refractivity contribution < 1.29 is 4.79 Å². The monoisotopic (exact) mass is 294 g/mol. The second-order valence-corrected chi connectivity index (χ2v) is 6.19. The van der Waals surface area contributed by atoms with Gasteiger partial charge in [-0.3, -0.25) is 4.79 Å². The van der Waals surface area contributed by atoms with Crippen molar-refractivity contribution in [3.05, 3.63) is 17.0 Å². The number of carbonyl (C=O) groups is 1. The molecular weight excluding hydrogens is 276 g/mol. The lowest BCUT2D eigenvalue weighted by Crippen LogP contribution is -2.32. The zero-order valence-electron chi connectivity index (χ0n) is 11.3. The normalized spacial score (nSPS) is 26.2.